The Morgan fingerprint density at radius 3 is 2.38 bits per heavy atom. The molecule has 0 aliphatic heterocycles. The van der Waals surface area contributed by atoms with E-state index in [9.17, 15) is 13.2 Å². The van der Waals surface area contributed by atoms with E-state index in [0.717, 1.165) is 22.5 Å². The lowest BCUT2D eigenvalue weighted by Gasteiger charge is -2.28. The van der Waals surface area contributed by atoms with Gasteiger partial charge in [-0.05, 0) is 43.2 Å². The molecule has 2 aromatic carbocycles. The highest BCUT2D eigenvalue weighted by atomic mass is 32.2. The first-order valence-electron chi connectivity index (χ1n) is 8.29. The van der Waals surface area contributed by atoms with Gasteiger partial charge in [0.05, 0.1) is 19.1 Å². The summed E-state index contributed by atoms with van der Waals surface area (Å²) in [7, 11) is -2.10. The average Bonchev–Trinajstić information content (AvgIpc) is 2.61. The number of rotatable bonds is 7. The molecule has 0 saturated heterocycles. The molecule has 26 heavy (non-hydrogen) atoms. The van der Waals surface area contributed by atoms with Crippen molar-refractivity contribution in [1.82, 2.24) is 0 Å². The van der Waals surface area contributed by atoms with Crippen LogP contribution in [0, 0.1) is 0 Å². The second-order valence-corrected chi connectivity index (χ2v) is 7.84. The van der Waals surface area contributed by atoms with E-state index < -0.39 is 22.0 Å². The van der Waals surface area contributed by atoms with Gasteiger partial charge in [-0.3, -0.25) is 9.10 Å². The molecule has 0 aliphatic rings. The summed E-state index contributed by atoms with van der Waals surface area (Å²) < 4.78 is 30.9. The van der Waals surface area contributed by atoms with Gasteiger partial charge in [-0.1, -0.05) is 25.1 Å². The molecule has 0 spiro atoms. The summed E-state index contributed by atoms with van der Waals surface area (Å²) in [6.45, 7) is 3.58. The summed E-state index contributed by atoms with van der Waals surface area (Å²) in [5.41, 5.74) is 2.09. The molecule has 6 nitrogen and oxygen atoms in total. The second-order valence-electron chi connectivity index (χ2n) is 5.98. The number of hydrogen-bond acceptors (Lipinski definition) is 4. The molecule has 2 rings (SSSR count). The van der Waals surface area contributed by atoms with E-state index in [2.05, 4.69) is 5.32 Å². The van der Waals surface area contributed by atoms with Gasteiger partial charge in [-0.15, -0.1) is 0 Å². The maximum Gasteiger partial charge on any atom is 0.247 e. The van der Waals surface area contributed by atoms with Crippen LogP contribution < -0.4 is 14.4 Å². The van der Waals surface area contributed by atoms with Gasteiger partial charge >= 0.3 is 0 Å². The number of nitrogens with one attached hydrogen (secondary N) is 1. The number of benzene rings is 2. The normalized spacial score (nSPS) is 12.3. The lowest BCUT2D eigenvalue weighted by Crippen LogP contribution is -2.45. The van der Waals surface area contributed by atoms with Crippen molar-refractivity contribution < 1.29 is 17.9 Å². The Kier molecular flexibility index (Phi) is 6.26. The summed E-state index contributed by atoms with van der Waals surface area (Å²) in [6, 6.07) is 13.1. The molecular formula is C19H24N2O4S. The lowest BCUT2D eigenvalue weighted by molar-refractivity contribution is -0.116. The van der Waals surface area contributed by atoms with Crippen LogP contribution in [0.5, 0.6) is 5.75 Å². The van der Waals surface area contributed by atoms with Crippen LogP contribution in [-0.2, 0) is 21.2 Å². The highest BCUT2D eigenvalue weighted by Crippen LogP contribution is 2.23. The fraction of sp³-hybridized carbons (Fsp3) is 0.316. The van der Waals surface area contributed by atoms with Crippen LogP contribution in [0.3, 0.4) is 0 Å². The predicted molar refractivity (Wildman–Crippen MR) is 104 cm³/mol. The molecule has 0 radical (unpaired) electrons. The van der Waals surface area contributed by atoms with E-state index in [4.69, 9.17) is 4.74 Å². The third kappa shape index (κ3) is 4.76. The van der Waals surface area contributed by atoms with E-state index in [1.165, 1.54) is 7.11 Å². The number of anilines is 2. The first-order valence-corrected chi connectivity index (χ1v) is 10.1. The van der Waals surface area contributed by atoms with Crippen LogP contribution in [0.4, 0.5) is 11.4 Å². The Balaban J connectivity index is 2.27. The van der Waals surface area contributed by atoms with Gasteiger partial charge < -0.3 is 10.1 Å². The number of methoxy groups -OCH3 is 1. The van der Waals surface area contributed by atoms with Gasteiger partial charge in [0.1, 0.15) is 11.8 Å². The van der Waals surface area contributed by atoms with Crippen molar-refractivity contribution in [3.63, 3.8) is 0 Å². The summed E-state index contributed by atoms with van der Waals surface area (Å²) in [6.07, 6.45) is 1.95. The summed E-state index contributed by atoms with van der Waals surface area (Å²) in [4.78, 5) is 12.6. The van der Waals surface area contributed by atoms with Crippen LogP contribution in [0.2, 0.25) is 0 Å². The van der Waals surface area contributed by atoms with E-state index in [-0.39, 0.29) is 0 Å². The van der Waals surface area contributed by atoms with Crippen LogP contribution in [0.15, 0.2) is 48.5 Å². The smallest absolute Gasteiger partial charge is 0.247 e. The zero-order valence-electron chi connectivity index (χ0n) is 15.4. The van der Waals surface area contributed by atoms with E-state index in [0.29, 0.717) is 17.1 Å². The van der Waals surface area contributed by atoms with Gasteiger partial charge in [-0.25, -0.2) is 8.42 Å². The molecule has 140 valence electrons. The third-order valence-corrected chi connectivity index (χ3v) is 5.27. The van der Waals surface area contributed by atoms with Gasteiger partial charge in [-0.2, -0.15) is 0 Å². The van der Waals surface area contributed by atoms with Gasteiger partial charge in [0.25, 0.3) is 0 Å². The SMILES string of the molecule is CCc1ccc(N([C@H](C)C(=O)Nc2cccc(OC)c2)S(C)(=O)=O)cc1. The Morgan fingerprint density at radius 1 is 1.19 bits per heavy atom. The molecule has 7 heteroatoms. The molecular weight excluding hydrogens is 352 g/mol. The number of amides is 1. The molecule has 1 atom stereocenters. The predicted octanol–water partition coefficient (Wildman–Crippen LogP) is 3.05. The molecule has 0 aromatic heterocycles. The molecule has 1 N–H and O–H groups in total. The topological polar surface area (TPSA) is 75.7 Å². The number of ether oxygens (including phenoxy) is 1. The molecule has 0 aliphatic carbocycles. The van der Waals surface area contributed by atoms with E-state index >= 15 is 0 Å². The van der Waals surface area contributed by atoms with Crippen molar-refractivity contribution in [3.05, 3.63) is 54.1 Å². The first kappa shape index (κ1) is 19.8. The summed E-state index contributed by atoms with van der Waals surface area (Å²) in [5, 5.41) is 2.74. The van der Waals surface area contributed by atoms with Crippen molar-refractivity contribution in [3.8, 4) is 5.75 Å². The standard InChI is InChI=1S/C19H24N2O4S/c1-5-15-9-11-17(12-10-15)21(26(4,23)24)14(2)19(22)20-16-7-6-8-18(13-16)25-3/h6-14H,5H2,1-4H3,(H,20,22)/t14-/m1/s1. The monoisotopic (exact) mass is 376 g/mol. The Hall–Kier alpha value is -2.54. The highest BCUT2D eigenvalue weighted by Gasteiger charge is 2.29. The molecule has 0 bridgehead atoms. The number of nitrogens with zero attached hydrogens (tertiary/aromatic N) is 1. The van der Waals surface area contributed by atoms with Crippen LogP contribution in [0.25, 0.3) is 0 Å². The number of carbonyl (C=O) groups excluding carboxylic acids is 1. The fourth-order valence-electron chi connectivity index (χ4n) is 2.63. The highest BCUT2D eigenvalue weighted by molar-refractivity contribution is 7.92. The van der Waals surface area contributed by atoms with Gasteiger partial charge in [0.2, 0.25) is 15.9 Å². The Labute approximate surface area is 154 Å². The molecule has 0 saturated carbocycles. The zero-order valence-corrected chi connectivity index (χ0v) is 16.2. The quantitative estimate of drug-likeness (QED) is 0.806. The summed E-state index contributed by atoms with van der Waals surface area (Å²) >= 11 is 0. The summed E-state index contributed by atoms with van der Waals surface area (Å²) in [5.74, 6) is 0.175. The minimum Gasteiger partial charge on any atom is -0.497 e. The van der Waals surface area contributed by atoms with Crippen molar-refractivity contribution in [1.29, 1.82) is 0 Å². The fourth-order valence-corrected chi connectivity index (χ4v) is 3.81. The lowest BCUT2D eigenvalue weighted by atomic mass is 10.1. The van der Waals surface area contributed by atoms with E-state index in [1.54, 1.807) is 43.3 Å². The molecule has 0 heterocycles. The van der Waals surface area contributed by atoms with Gasteiger partial charge in [0.15, 0.2) is 0 Å². The zero-order chi connectivity index (χ0) is 19.3. The van der Waals surface area contributed by atoms with Crippen LogP contribution in [-0.4, -0.2) is 33.7 Å². The van der Waals surface area contributed by atoms with Gasteiger partial charge in [0, 0.05) is 11.8 Å². The number of hydrogen-bond donors (Lipinski definition) is 1. The first-order chi connectivity index (χ1) is 12.3. The maximum atomic E-state index is 12.6. The minimum absolute atomic E-state index is 0.428. The maximum absolute atomic E-state index is 12.6. The van der Waals surface area contributed by atoms with Crippen LogP contribution >= 0.6 is 0 Å². The van der Waals surface area contributed by atoms with Crippen molar-refractivity contribution in [2.24, 2.45) is 0 Å². The number of carbonyl (C=O) groups is 1. The Morgan fingerprint density at radius 2 is 1.85 bits per heavy atom. The second kappa shape index (κ2) is 8.23. The third-order valence-electron chi connectivity index (χ3n) is 4.02. The van der Waals surface area contributed by atoms with Crippen molar-refractivity contribution in [2.45, 2.75) is 26.3 Å². The minimum atomic E-state index is -3.64. The van der Waals surface area contributed by atoms with Crippen LogP contribution in [0.1, 0.15) is 19.4 Å². The molecule has 2 aromatic rings. The number of sulfonamides is 1. The molecule has 0 unspecified atom stereocenters. The number of aryl methyl sites for hydroxylation is 1. The van der Waals surface area contributed by atoms with Crippen molar-refractivity contribution >= 4 is 27.3 Å². The average molecular weight is 376 g/mol. The molecule has 1 amide bonds. The Bertz CT molecular complexity index is 863. The largest absolute Gasteiger partial charge is 0.497 e. The molecule has 0 fully saturated rings. The van der Waals surface area contributed by atoms with E-state index in [1.807, 2.05) is 19.1 Å². The van der Waals surface area contributed by atoms with Crippen molar-refractivity contribution in [2.75, 3.05) is 23.0 Å².